The monoisotopic (exact) mass is 414 g/mol. The standard InChI is InChI=1S/C23H24ClNO4/c1-14-16-10-19(24)21-18(11-25(13-28-21)23(2,3)12-26)20(16)29-22(27)17(14)9-15-7-5-4-6-8-15/h4-8,10,26H,9,11-13H2,1-3H3/p+1. The van der Waals surface area contributed by atoms with E-state index in [0.29, 0.717) is 41.6 Å². The van der Waals surface area contributed by atoms with Gasteiger partial charge in [-0.3, -0.25) is 4.90 Å². The van der Waals surface area contributed by atoms with Crippen LogP contribution < -0.4 is 15.3 Å². The van der Waals surface area contributed by atoms with Gasteiger partial charge in [-0.05, 0) is 38.0 Å². The van der Waals surface area contributed by atoms with Crippen LogP contribution in [0.3, 0.4) is 0 Å². The molecule has 0 fully saturated rings. The van der Waals surface area contributed by atoms with Gasteiger partial charge in [0.05, 0.1) is 17.2 Å². The van der Waals surface area contributed by atoms with Crippen molar-refractivity contribution < 1.29 is 19.2 Å². The molecule has 5 nitrogen and oxygen atoms in total. The van der Waals surface area contributed by atoms with Crippen molar-refractivity contribution in [3.63, 3.8) is 0 Å². The summed E-state index contributed by atoms with van der Waals surface area (Å²) in [5.41, 5.74) is 3.13. The van der Waals surface area contributed by atoms with Crippen LogP contribution in [0.1, 0.15) is 36.1 Å². The summed E-state index contributed by atoms with van der Waals surface area (Å²) in [4.78, 5) is 13.9. The van der Waals surface area contributed by atoms with Gasteiger partial charge in [0.2, 0.25) is 6.73 Å². The number of nitrogens with one attached hydrogen (secondary N) is 1. The summed E-state index contributed by atoms with van der Waals surface area (Å²) in [6, 6.07) is 11.7. The zero-order valence-corrected chi connectivity index (χ0v) is 17.6. The van der Waals surface area contributed by atoms with Gasteiger partial charge >= 0.3 is 5.63 Å². The Morgan fingerprint density at radius 3 is 2.66 bits per heavy atom. The Kier molecular flexibility index (Phi) is 5.15. The fourth-order valence-electron chi connectivity index (χ4n) is 3.82. The van der Waals surface area contributed by atoms with Crippen LogP contribution in [0.2, 0.25) is 5.02 Å². The van der Waals surface area contributed by atoms with Crippen molar-refractivity contribution >= 4 is 22.6 Å². The molecule has 1 aromatic heterocycles. The summed E-state index contributed by atoms with van der Waals surface area (Å²) in [6.45, 7) is 6.85. The van der Waals surface area contributed by atoms with E-state index < -0.39 is 5.54 Å². The van der Waals surface area contributed by atoms with E-state index in [1.54, 1.807) is 0 Å². The molecular weight excluding hydrogens is 390 g/mol. The van der Waals surface area contributed by atoms with Gasteiger partial charge in [0.15, 0.2) is 11.3 Å². The Morgan fingerprint density at radius 2 is 1.97 bits per heavy atom. The lowest BCUT2D eigenvalue weighted by Crippen LogP contribution is -3.20. The van der Waals surface area contributed by atoms with E-state index in [1.165, 1.54) is 0 Å². The van der Waals surface area contributed by atoms with Gasteiger partial charge in [-0.1, -0.05) is 41.9 Å². The number of aliphatic hydroxyl groups excluding tert-OH is 1. The third-order valence-electron chi connectivity index (χ3n) is 5.94. The second-order valence-corrected chi connectivity index (χ2v) is 8.72. The van der Waals surface area contributed by atoms with Gasteiger partial charge in [-0.2, -0.15) is 0 Å². The summed E-state index contributed by atoms with van der Waals surface area (Å²) >= 11 is 6.54. The van der Waals surface area contributed by atoms with Crippen LogP contribution in [0.5, 0.6) is 5.75 Å². The van der Waals surface area contributed by atoms with Crippen molar-refractivity contribution in [1.82, 2.24) is 0 Å². The molecule has 0 spiro atoms. The lowest BCUT2D eigenvalue weighted by Gasteiger charge is -2.37. The van der Waals surface area contributed by atoms with E-state index >= 15 is 0 Å². The van der Waals surface area contributed by atoms with Crippen molar-refractivity contribution in [1.29, 1.82) is 0 Å². The first-order valence-corrected chi connectivity index (χ1v) is 10.1. The fraction of sp³-hybridized carbons (Fsp3) is 0.348. The van der Waals surface area contributed by atoms with E-state index in [1.807, 2.05) is 57.2 Å². The second kappa shape index (κ2) is 7.48. The van der Waals surface area contributed by atoms with Gasteiger partial charge in [-0.15, -0.1) is 0 Å². The zero-order chi connectivity index (χ0) is 20.8. The number of halogens is 1. The molecule has 2 aromatic carbocycles. The fourth-order valence-corrected chi connectivity index (χ4v) is 4.10. The number of aryl methyl sites for hydroxylation is 1. The minimum absolute atomic E-state index is 0.0176. The van der Waals surface area contributed by atoms with Gasteiger partial charge in [0, 0.05) is 17.4 Å². The number of ether oxygens (including phenoxy) is 1. The van der Waals surface area contributed by atoms with Crippen molar-refractivity contribution in [3.8, 4) is 5.75 Å². The summed E-state index contributed by atoms with van der Waals surface area (Å²) in [6.07, 6.45) is 0.505. The molecule has 1 aliphatic heterocycles. The molecule has 0 aliphatic carbocycles. The van der Waals surface area contributed by atoms with E-state index in [9.17, 15) is 9.90 Å². The largest absolute Gasteiger partial charge is 0.443 e. The Hall–Kier alpha value is -2.34. The lowest BCUT2D eigenvalue weighted by atomic mass is 9.96. The normalized spacial score (nSPS) is 16.5. The first-order chi connectivity index (χ1) is 13.8. The number of hydrogen-bond acceptors (Lipinski definition) is 4. The maximum absolute atomic E-state index is 12.9. The van der Waals surface area contributed by atoms with Crippen LogP contribution in [-0.4, -0.2) is 24.0 Å². The molecule has 0 bridgehead atoms. The van der Waals surface area contributed by atoms with E-state index in [-0.39, 0.29) is 12.2 Å². The Labute approximate surface area is 174 Å². The maximum Gasteiger partial charge on any atom is 0.340 e. The number of benzene rings is 2. The predicted octanol–water partition coefficient (Wildman–Crippen LogP) is 2.85. The quantitative estimate of drug-likeness (QED) is 0.644. The highest BCUT2D eigenvalue weighted by molar-refractivity contribution is 6.33. The van der Waals surface area contributed by atoms with Crippen molar-refractivity contribution in [2.75, 3.05) is 13.3 Å². The number of quaternary nitrogens is 1. The molecule has 0 radical (unpaired) electrons. The Balaban J connectivity index is 1.86. The third kappa shape index (κ3) is 3.54. The predicted molar refractivity (Wildman–Crippen MR) is 113 cm³/mol. The molecule has 0 saturated heterocycles. The molecule has 4 rings (SSSR count). The van der Waals surface area contributed by atoms with Gasteiger partial charge in [0.25, 0.3) is 0 Å². The molecule has 0 amide bonds. The molecular formula is C23H25ClNO4+. The highest BCUT2D eigenvalue weighted by Crippen LogP contribution is 2.37. The minimum atomic E-state index is -0.394. The third-order valence-corrected chi connectivity index (χ3v) is 6.22. The first kappa shape index (κ1) is 20.0. The number of fused-ring (bicyclic) bond motifs is 3. The number of rotatable bonds is 4. The van der Waals surface area contributed by atoms with Gasteiger partial charge in [-0.25, -0.2) is 4.79 Å². The smallest absolute Gasteiger partial charge is 0.340 e. The molecule has 2 N–H and O–H groups in total. The van der Waals surface area contributed by atoms with Gasteiger partial charge in [0.1, 0.15) is 12.1 Å². The summed E-state index contributed by atoms with van der Waals surface area (Å²) < 4.78 is 11.8. The van der Waals surface area contributed by atoms with Gasteiger partial charge < -0.3 is 14.3 Å². The maximum atomic E-state index is 12.9. The van der Waals surface area contributed by atoms with Crippen LogP contribution in [-0.2, 0) is 13.0 Å². The second-order valence-electron chi connectivity index (χ2n) is 8.31. The van der Waals surface area contributed by atoms with Crippen molar-refractivity contribution in [2.24, 2.45) is 0 Å². The van der Waals surface area contributed by atoms with Crippen LogP contribution >= 0.6 is 11.6 Å². The Bertz CT molecular complexity index is 1120. The van der Waals surface area contributed by atoms with Crippen LogP contribution in [0, 0.1) is 6.92 Å². The summed E-state index contributed by atoms with van der Waals surface area (Å²) in [5.74, 6) is 0.565. The molecule has 0 saturated carbocycles. The SMILES string of the molecule is Cc1c(Cc2ccccc2)c(=O)oc2c3c(c(Cl)cc12)OC[NH+](C(C)(C)CO)C3. The average molecular weight is 415 g/mol. The molecule has 1 aliphatic rings. The summed E-state index contributed by atoms with van der Waals surface area (Å²) in [5, 5.41) is 11.1. The minimum Gasteiger partial charge on any atom is -0.443 e. The number of hydrogen-bond donors (Lipinski definition) is 2. The highest BCUT2D eigenvalue weighted by atomic mass is 35.5. The zero-order valence-electron chi connectivity index (χ0n) is 16.8. The molecule has 1 unspecified atom stereocenters. The molecule has 6 heteroatoms. The lowest BCUT2D eigenvalue weighted by molar-refractivity contribution is -0.978. The van der Waals surface area contributed by atoms with Crippen molar-refractivity contribution in [3.05, 3.63) is 74.1 Å². The molecule has 152 valence electrons. The van der Waals surface area contributed by atoms with Crippen LogP contribution in [0.15, 0.2) is 45.6 Å². The molecule has 29 heavy (non-hydrogen) atoms. The average Bonchev–Trinajstić information content (AvgIpc) is 2.72. The van der Waals surface area contributed by atoms with E-state index in [0.717, 1.165) is 27.0 Å². The Morgan fingerprint density at radius 1 is 1.24 bits per heavy atom. The van der Waals surface area contributed by atoms with Crippen LogP contribution in [0.4, 0.5) is 0 Å². The van der Waals surface area contributed by atoms with E-state index in [4.69, 9.17) is 20.8 Å². The van der Waals surface area contributed by atoms with Crippen LogP contribution in [0.25, 0.3) is 11.0 Å². The summed E-state index contributed by atoms with van der Waals surface area (Å²) in [7, 11) is 0. The highest BCUT2D eigenvalue weighted by Gasteiger charge is 2.36. The topological polar surface area (TPSA) is 64.1 Å². The van der Waals surface area contributed by atoms with Crippen molar-refractivity contribution in [2.45, 2.75) is 39.3 Å². The molecule has 2 heterocycles. The molecule has 3 aromatic rings. The number of aliphatic hydroxyl groups is 1. The van der Waals surface area contributed by atoms with E-state index in [2.05, 4.69) is 0 Å². The molecule has 1 atom stereocenters. The first-order valence-electron chi connectivity index (χ1n) is 9.72.